The molecule has 0 unspecified atom stereocenters. The van der Waals surface area contributed by atoms with Crippen LogP contribution in [0.15, 0.2) is 23.8 Å². The molecule has 0 aromatic carbocycles. The lowest BCUT2D eigenvalue weighted by Crippen LogP contribution is -2.28. The zero-order valence-electron chi connectivity index (χ0n) is 7.46. The first-order valence-electron chi connectivity index (χ1n) is 4.18. The fraction of sp³-hybridized carbons (Fsp3) is 0.444. The summed E-state index contributed by atoms with van der Waals surface area (Å²) in [5.41, 5.74) is 0.275. The Hall–Kier alpha value is -1.17. The second-order valence-corrected chi connectivity index (χ2v) is 2.83. The van der Waals surface area contributed by atoms with Crippen LogP contribution in [0.5, 0.6) is 0 Å². The normalized spacial score (nSPS) is 23.8. The Morgan fingerprint density at radius 2 is 2.29 bits per heavy atom. The van der Waals surface area contributed by atoms with E-state index in [2.05, 4.69) is 0 Å². The van der Waals surface area contributed by atoms with Crippen molar-refractivity contribution in [2.24, 2.45) is 0 Å². The summed E-state index contributed by atoms with van der Waals surface area (Å²) in [4.78, 5) is 11.1. The molecule has 0 aromatic heterocycles. The molecule has 14 heavy (non-hydrogen) atoms. The zero-order valence-corrected chi connectivity index (χ0v) is 7.46. The van der Waals surface area contributed by atoms with E-state index in [1.807, 2.05) is 0 Å². The molecule has 0 bridgehead atoms. The zero-order chi connectivity index (χ0) is 10.6. The lowest BCUT2D eigenvalue weighted by molar-refractivity contribution is -0.144. The van der Waals surface area contributed by atoms with E-state index in [0.29, 0.717) is 0 Å². The van der Waals surface area contributed by atoms with Crippen molar-refractivity contribution < 1.29 is 24.9 Å². The Morgan fingerprint density at radius 3 is 2.86 bits per heavy atom. The van der Waals surface area contributed by atoms with Crippen molar-refractivity contribution in [2.75, 3.05) is 13.2 Å². The van der Waals surface area contributed by atoms with Crippen LogP contribution >= 0.6 is 0 Å². The van der Waals surface area contributed by atoms with E-state index >= 15 is 0 Å². The molecule has 2 atom stereocenters. The van der Waals surface area contributed by atoms with E-state index in [4.69, 9.17) is 14.9 Å². The molecule has 0 spiro atoms. The number of carbonyl (C=O) groups is 1. The van der Waals surface area contributed by atoms with Gasteiger partial charge in [-0.1, -0.05) is 6.08 Å². The monoisotopic (exact) mass is 200 g/mol. The third-order valence-electron chi connectivity index (χ3n) is 1.79. The van der Waals surface area contributed by atoms with Gasteiger partial charge in [0.1, 0.15) is 12.2 Å². The second kappa shape index (κ2) is 4.90. The Balaban J connectivity index is 2.67. The Kier molecular flexibility index (Phi) is 3.82. The van der Waals surface area contributed by atoms with E-state index in [0.717, 1.165) is 0 Å². The molecule has 1 rings (SSSR count). The first-order valence-corrected chi connectivity index (χ1v) is 4.18. The molecule has 0 saturated heterocycles. The van der Waals surface area contributed by atoms with Gasteiger partial charge in [0, 0.05) is 0 Å². The third-order valence-corrected chi connectivity index (χ3v) is 1.79. The molecule has 1 aliphatic rings. The average molecular weight is 200 g/mol. The molecule has 0 aliphatic carbocycles. The van der Waals surface area contributed by atoms with Crippen LogP contribution in [0.2, 0.25) is 0 Å². The maximum Gasteiger partial charge on any atom is 0.338 e. The standard InChI is InChI=1S/C9H12O5/c10-3-1-2-6-4-8(7(12)5-11)14-9(6)13/h1-2,4,7-8,10-12H,3,5H2/b2-1+/t7-,8-/m0/s1. The fourth-order valence-corrected chi connectivity index (χ4v) is 1.07. The van der Waals surface area contributed by atoms with E-state index in [1.54, 1.807) is 0 Å². The van der Waals surface area contributed by atoms with Gasteiger partial charge in [-0.2, -0.15) is 0 Å². The second-order valence-electron chi connectivity index (χ2n) is 2.83. The molecule has 5 heteroatoms. The van der Waals surface area contributed by atoms with Crippen LogP contribution in [-0.4, -0.2) is 46.7 Å². The Morgan fingerprint density at radius 1 is 1.57 bits per heavy atom. The number of aliphatic hydroxyl groups excluding tert-OH is 3. The molecule has 0 saturated carbocycles. The van der Waals surface area contributed by atoms with E-state index < -0.39 is 24.8 Å². The molecule has 5 nitrogen and oxygen atoms in total. The molecule has 0 fully saturated rings. The van der Waals surface area contributed by atoms with E-state index in [9.17, 15) is 9.90 Å². The maximum absolute atomic E-state index is 11.1. The predicted octanol–water partition coefficient (Wildman–Crippen LogP) is -1.26. The van der Waals surface area contributed by atoms with Crippen molar-refractivity contribution in [1.82, 2.24) is 0 Å². The summed E-state index contributed by atoms with van der Waals surface area (Å²) in [6.07, 6.45) is 2.31. The number of esters is 1. The number of cyclic esters (lactones) is 1. The highest BCUT2D eigenvalue weighted by molar-refractivity contribution is 5.93. The topological polar surface area (TPSA) is 87.0 Å². The van der Waals surface area contributed by atoms with Crippen LogP contribution in [0.25, 0.3) is 0 Å². The molecule has 3 N–H and O–H groups in total. The van der Waals surface area contributed by atoms with Crippen LogP contribution in [0.4, 0.5) is 0 Å². The van der Waals surface area contributed by atoms with Crippen LogP contribution in [0.1, 0.15) is 0 Å². The number of aliphatic hydroxyl groups is 3. The molecule has 1 aliphatic heterocycles. The highest BCUT2D eigenvalue weighted by Crippen LogP contribution is 2.17. The smallest absolute Gasteiger partial charge is 0.338 e. The van der Waals surface area contributed by atoms with Gasteiger partial charge in [0.25, 0.3) is 0 Å². The van der Waals surface area contributed by atoms with Gasteiger partial charge in [-0.25, -0.2) is 4.79 Å². The summed E-state index contributed by atoms with van der Waals surface area (Å²) in [5.74, 6) is -0.563. The molecule has 0 aromatic rings. The summed E-state index contributed by atoms with van der Waals surface area (Å²) in [6.45, 7) is -0.636. The van der Waals surface area contributed by atoms with Crippen LogP contribution in [-0.2, 0) is 9.53 Å². The van der Waals surface area contributed by atoms with Crippen molar-refractivity contribution in [2.45, 2.75) is 12.2 Å². The Bertz CT molecular complexity index is 268. The molecular formula is C9H12O5. The van der Waals surface area contributed by atoms with Gasteiger partial charge in [0.15, 0.2) is 0 Å². The largest absolute Gasteiger partial charge is 0.452 e. The molecular weight excluding hydrogens is 188 g/mol. The highest BCUT2D eigenvalue weighted by Gasteiger charge is 2.28. The summed E-state index contributed by atoms with van der Waals surface area (Å²) in [7, 11) is 0. The van der Waals surface area contributed by atoms with Gasteiger partial charge in [-0.05, 0) is 12.2 Å². The predicted molar refractivity (Wildman–Crippen MR) is 47.3 cm³/mol. The highest BCUT2D eigenvalue weighted by atomic mass is 16.6. The van der Waals surface area contributed by atoms with Gasteiger partial charge in [-0.3, -0.25) is 0 Å². The summed E-state index contributed by atoms with van der Waals surface area (Å²) in [6, 6.07) is 0. The molecule has 0 amide bonds. The first kappa shape index (κ1) is 10.9. The first-order chi connectivity index (χ1) is 6.69. The van der Waals surface area contributed by atoms with E-state index in [-0.39, 0.29) is 12.2 Å². The minimum absolute atomic E-state index is 0.169. The van der Waals surface area contributed by atoms with Gasteiger partial charge < -0.3 is 20.1 Å². The number of hydrogen-bond donors (Lipinski definition) is 3. The van der Waals surface area contributed by atoms with Gasteiger partial charge >= 0.3 is 5.97 Å². The van der Waals surface area contributed by atoms with E-state index in [1.165, 1.54) is 18.2 Å². The lowest BCUT2D eigenvalue weighted by Gasteiger charge is -2.12. The maximum atomic E-state index is 11.1. The van der Waals surface area contributed by atoms with Crippen LogP contribution in [0, 0.1) is 0 Å². The number of rotatable bonds is 4. The van der Waals surface area contributed by atoms with Gasteiger partial charge in [0.05, 0.1) is 18.8 Å². The van der Waals surface area contributed by atoms with Crippen molar-refractivity contribution in [1.29, 1.82) is 0 Å². The van der Waals surface area contributed by atoms with Crippen LogP contribution < -0.4 is 0 Å². The van der Waals surface area contributed by atoms with Crippen LogP contribution in [0.3, 0.4) is 0 Å². The average Bonchev–Trinajstić information content (AvgIpc) is 2.56. The van der Waals surface area contributed by atoms with Crippen molar-refractivity contribution >= 4 is 5.97 Å². The number of carbonyl (C=O) groups excluding carboxylic acids is 1. The molecule has 0 radical (unpaired) electrons. The van der Waals surface area contributed by atoms with Crippen molar-refractivity contribution in [3.8, 4) is 0 Å². The molecule has 1 heterocycles. The van der Waals surface area contributed by atoms with Gasteiger partial charge in [-0.15, -0.1) is 0 Å². The SMILES string of the molecule is O=C1O[C@H]([C@@H](O)CO)C=C1/C=C/CO. The summed E-state index contributed by atoms with van der Waals surface area (Å²) in [5, 5.41) is 26.3. The van der Waals surface area contributed by atoms with Gasteiger partial charge in [0.2, 0.25) is 0 Å². The third kappa shape index (κ3) is 2.41. The number of hydrogen-bond acceptors (Lipinski definition) is 5. The minimum Gasteiger partial charge on any atom is -0.452 e. The Labute approximate surface area is 80.9 Å². The summed E-state index contributed by atoms with van der Waals surface area (Å²) >= 11 is 0. The van der Waals surface area contributed by atoms with Crippen molar-refractivity contribution in [3.63, 3.8) is 0 Å². The fourth-order valence-electron chi connectivity index (χ4n) is 1.07. The quantitative estimate of drug-likeness (QED) is 0.493. The number of ether oxygens (including phenoxy) is 1. The lowest BCUT2D eigenvalue weighted by atomic mass is 10.1. The molecule has 78 valence electrons. The van der Waals surface area contributed by atoms with Crippen molar-refractivity contribution in [3.05, 3.63) is 23.8 Å². The summed E-state index contributed by atoms with van der Waals surface area (Å²) < 4.78 is 4.75. The minimum atomic E-state index is -1.10.